The molecule has 3 nitrogen and oxygen atoms in total. The molecular formula is C8H8FNO2. The Morgan fingerprint density at radius 2 is 2.17 bits per heavy atom. The topological polar surface area (TPSA) is 63.3 Å². The fourth-order valence-electron chi connectivity index (χ4n) is 0.918. The minimum atomic E-state index is -0.755. The molecule has 0 aromatic heterocycles. The number of halogens is 1. The summed E-state index contributed by atoms with van der Waals surface area (Å²) in [6.07, 6.45) is 0. The van der Waals surface area contributed by atoms with E-state index in [0.717, 1.165) is 13.0 Å². The predicted octanol–water partition coefficient (Wildman–Crippen LogP) is 1.32. The van der Waals surface area contributed by atoms with Crippen molar-refractivity contribution in [2.45, 2.75) is 6.92 Å². The van der Waals surface area contributed by atoms with Gasteiger partial charge in [0, 0.05) is 0 Å². The first-order chi connectivity index (χ1) is 5.54. The maximum atomic E-state index is 12.8. The fourth-order valence-corrected chi connectivity index (χ4v) is 0.918. The molecule has 0 radical (unpaired) electrons. The molecule has 0 saturated carbocycles. The minimum absolute atomic E-state index is 0.00148. The van der Waals surface area contributed by atoms with Gasteiger partial charge in [0.2, 0.25) is 0 Å². The number of hydrogen-bond acceptors (Lipinski definition) is 3. The van der Waals surface area contributed by atoms with Gasteiger partial charge in [0.15, 0.2) is 11.5 Å². The van der Waals surface area contributed by atoms with Crippen molar-refractivity contribution in [3.8, 4) is 5.75 Å². The van der Waals surface area contributed by atoms with Crippen molar-refractivity contribution in [2.75, 3.05) is 5.73 Å². The summed E-state index contributed by atoms with van der Waals surface area (Å²) >= 11 is 0. The van der Waals surface area contributed by atoms with E-state index in [0.29, 0.717) is 0 Å². The summed E-state index contributed by atoms with van der Waals surface area (Å²) in [7, 11) is 0. The Morgan fingerprint density at radius 1 is 1.58 bits per heavy atom. The average molecular weight is 169 g/mol. The van der Waals surface area contributed by atoms with E-state index < -0.39 is 17.3 Å². The van der Waals surface area contributed by atoms with Crippen molar-refractivity contribution in [3.63, 3.8) is 0 Å². The molecule has 0 heterocycles. The maximum Gasteiger partial charge on any atom is 0.166 e. The molecule has 0 aliphatic carbocycles. The van der Waals surface area contributed by atoms with Gasteiger partial charge in [-0.25, -0.2) is 4.39 Å². The van der Waals surface area contributed by atoms with E-state index >= 15 is 0 Å². The number of anilines is 1. The summed E-state index contributed by atoms with van der Waals surface area (Å²) in [6.45, 7) is 1.16. The third-order valence-corrected chi connectivity index (χ3v) is 1.51. The van der Waals surface area contributed by atoms with Gasteiger partial charge < -0.3 is 10.8 Å². The number of carbonyl (C=O) groups excluding carboxylic acids is 1. The highest BCUT2D eigenvalue weighted by Gasteiger charge is 2.14. The molecule has 4 heteroatoms. The van der Waals surface area contributed by atoms with Gasteiger partial charge >= 0.3 is 0 Å². The van der Waals surface area contributed by atoms with Crippen LogP contribution in [0.1, 0.15) is 17.3 Å². The molecule has 1 rings (SSSR count). The lowest BCUT2D eigenvalue weighted by atomic mass is 10.1. The number of hydrogen-bond donors (Lipinski definition) is 2. The quantitative estimate of drug-likeness (QED) is 0.378. The van der Waals surface area contributed by atoms with Crippen molar-refractivity contribution in [1.29, 1.82) is 0 Å². The van der Waals surface area contributed by atoms with Crippen LogP contribution in [0.3, 0.4) is 0 Å². The third-order valence-electron chi connectivity index (χ3n) is 1.51. The molecule has 0 aliphatic rings. The lowest BCUT2D eigenvalue weighted by molar-refractivity contribution is 0.101. The molecule has 3 N–H and O–H groups in total. The Hall–Kier alpha value is -1.58. The van der Waals surface area contributed by atoms with Crippen LogP contribution in [0.4, 0.5) is 10.1 Å². The van der Waals surface area contributed by atoms with Gasteiger partial charge in [-0.1, -0.05) is 0 Å². The zero-order valence-corrected chi connectivity index (χ0v) is 6.47. The highest BCUT2D eigenvalue weighted by molar-refractivity contribution is 5.98. The number of phenols is 1. The number of nitrogen functional groups attached to an aromatic ring is 1. The number of rotatable bonds is 1. The first kappa shape index (κ1) is 8.52. The third kappa shape index (κ3) is 1.23. The second kappa shape index (κ2) is 2.81. The van der Waals surface area contributed by atoms with Crippen LogP contribution >= 0.6 is 0 Å². The van der Waals surface area contributed by atoms with E-state index in [1.807, 2.05) is 0 Å². The first-order valence-corrected chi connectivity index (χ1v) is 3.32. The predicted molar refractivity (Wildman–Crippen MR) is 42.5 cm³/mol. The summed E-state index contributed by atoms with van der Waals surface area (Å²) in [5.74, 6) is -1.78. The molecule has 1 aromatic carbocycles. The highest BCUT2D eigenvalue weighted by atomic mass is 19.1. The first-order valence-electron chi connectivity index (χ1n) is 3.32. The number of carbonyl (C=O) groups is 1. The molecule has 64 valence electrons. The molecule has 0 spiro atoms. The number of ketones is 1. The summed E-state index contributed by atoms with van der Waals surface area (Å²) < 4.78 is 12.8. The van der Waals surface area contributed by atoms with E-state index in [2.05, 4.69) is 0 Å². The summed E-state index contributed by atoms with van der Waals surface area (Å²) in [6, 6.07) is 2.25. The maximum absolute atomic E-state index is 12.8. The molecule has 0 amide bonds. The number of benzene rings is 1. The van der Waals surface area contributed by atoms with Crippen molar-refractivity contribution < 1.29 is 14.3 Å². The number of Topliss-reactive ketones (excluding diaryl/α,β-unsaturated/α-hetero) is 1. The van der Waals surface area contributed by atoms with E-state index in [4.69, 9.17) is 10.8 Å². The van der Waals surface area contributed by atoms with Gasteiger partial charge in [-0.3, -0.25) is 4.79 Å². The molecule has 1 aromatic rings. The zero-order chi connectivity index (χ0) is 9.30. The molecule has 0 fully saturated rings. The monoisotopic (exact) mass is 169 g/mol. The molecule has 0 atom stereocenters. The van der Waals surface area contributed by atoms with Crippen LogP contribution in [-0.4, -0.2) is 10.9 Å². The number of phenolic OH excluding ortho intramolecular Hbond substituents is 1. The van der Waals surface area contributed by atoms with Gasteiger partial charge in [0.05, 0.1) is 11.3 Å². The Kier molecular flexibility index (Phi) is 1.99. The zero-order valence-electron chi connectivity index (χ0n) is 6.47. The normalized spacial score (nSPS) is 9.83. The van der Waals surface area contributed by atoms with E-state index in [-0.39, 0.29) is 11.3 Å². The van der Waals surface area contributed by atoms with Crippen molar-refractivity contribution in [2.24, 2.45) is 0 Å². The summed E-state index contributed by atoms with van der Waals surface area (Å²) in [4.78, 5) is 10.8. The second-order valence-corrected chi connectivity index (χ2v) is 2.42. The molecule has 0 unspecified atom stereocenters. The van der Waals surface area contributed by atoms with Crippen LogP contribution < -0.4 is 5.73 Å². The van der Waals surface area contributed by atoms with E-state index in [1.165, 1.54) is 6.07 Å². The minimum Gasteiger partial charge on any atom is -0.505 e. The van der Waals surface area contributed by atoms with E-state index in [9.17, 15) is 9.18 Å². The molecule has 0 saturated heterocycles. The SMILES string of the molecule is CC(=O)c1c(F)ccc(N)c1O. The van der Waals surface area contributed by atoms with Crippen LogP contribution in [0.15, 0.2) is 12.1 Å². The van der Waals surface area contributed by atoms with Crippen molar-refractivity contribution in [1.82, 2.24) is 0 Å². The lowest BCUT2D eigenvalue weighted by Gasteiger charge is -2.03. The van der Waals surface area contributed by atoms with Crippen LogP contribution in [0.25, 0.3) is 0 Å². The Bertz CT molecular complexity index is 336. The number of nitrogens with two attached hydrogens (primary N) is 1. The summed E-state index contributed by atoms with van der Waals surface area (Å²) in [5, 5.41) is 9.16. The smallest absolute Gasteiger partial charge is 0.166 e. The van der Waals surface area contributed by atoms with Crippen molar-refractivity contribution in [3.05, 3.63) is 23.5 Å². The summed E-state index contributed by atoms with van der Waals surface area (Å²) in [5.41, 5.74) is 4.91. The van der Waals surface area contributed by atoms with Gasteiger partial charge in [-0.15, -0.1) is 0 Å². The molecular weight excluding hydrogens is 161 g/mol. The van der Waals surface area contributed by atoms with Gasteiger partial charge in [0.25, 0.3) is 0 Å². The highest BCUT2D eigenvalue weighted by Crippen LogP contribution is 2.27. The lowest BCUT2D eigenvalue weighted by Crippen LogP contribution is -2.00. The Morgan fingerprint density at radius 3 is 2.58 bits per heavy atom. The molecule has 12 heavy (non-hydrogen) atoms. The van der Waals surface area contributed by atoms with Crippen molar-refractivity contribution >= 4 is 11.5 Å². The largest absolute Gasteiger partial charge is 0.505 e. The van der Waals surface area contributed by atoms with Crippen LogP contribution in [-0.2, 0) is 0 Å². The standard InChI is InChI=1S/C8H8FNO2/c1-4(11)7-5(9)2-3-6(10)8(7)12/h2-3,12H,10H2,1H3. The van der Waals surface area contributed by atoms with E-state index in [1.54, 1.807) is 0 Å². The Balaban J connectivity index is 3.43. The average Bonchev–Trinajstić information content (AvgIpc) is 1.97. The van der Waals surface area contributed by atoms with Gasteiger partial charge in [-0.2, -0.15) is 0 Å². The fraction of sp³-hybridized carbons (Fsp3) is 0.125. The van der Waals surface area contributed by atoms with Gasteiger partial charge in [-0.05, 0) is 19.1 Å². The van der Waals surface area contributed by atoms with Crippen LogP contribution in [0.5, 0.6) is 5.75 Å². The molecule has 0 bridgehead atoms. The molecule has 0 aliphatic heterocycles. The van der Waals surface area contributed by atoms with Crippen LogP contribution in [0.2, 0.25) is 0 Å². The number of aromatic hydroxyl groups is 1. The second-order valence-electron chi connectivity index (χ2n) is 2.42. The van der Waals surface area contributed by atoms with Gasteiger partial charge in [0.1, 0.15) is 5.82 Å². The van der Waals surface area contributed by atoms with Crippen LogP contribution in [0, 0.1) is 5.82 Å². The Labute approximate surface area is 68.6 Å².